The van der Waals surface area contributed by atoms with Crippen LogP contribution in [0.25, 0.3) is 88.8 Å². The van der Waals surface area contributed by atoms with Crippen LogP contribution in [0.4, 0.5) is 8.78 Å². The van der Waals surface area contributed by atoms with E-state index in [1.807, 2.05) is 12.1 Å². The van der Waals surface area contributed by atoms with Crippen molar-refractivity contribution in [2.75, 3.05) is 0 Å². The lowest BCUT2D eigenvalue weighted by Crippen LogP contribution is -2.26. The van der Waals surface area contributed by atoms with Crippen molar-refractivity contribution >= 4 is 45.5 Å². The quantitative estimate of drug-likeness (QED) is 0.0376. The van der Waals surface area contributed by atoms with Crippen LogP contribution in [0.2, 0.25) is 0 Å². The standard InChI is InChI=1S/C80H96F2N4OS2/c1-8-12-16-20-24-28-46-79(47-29-25-21-17-13-9-2)67-50-57(56-33-39-61(40-34-56)87-54(5)6)35-42-63(67)65-44-37-59(52-69(65)79)71-73(81)74(82)72(78-77(71)85-89-86-78)60-38-45-66-64-43-36-58(62-41-32-55(7)75-76(62)84-88-83-75)51-68(64)80(70(66)53-60,48-30-26-22-18-14-10-3)49-31-27-23-19-15-11-4/h32-45,50-54H,8-31,46-49H2,1-7H3. The zero-order chi connectivity index (χ0) is 61.9. The lowest BCUT2D eigenvalue weighted by molar-refractivity contribution is 0.242. The molecule has 468 valence electrons. The molecule has 0 aliphatic heterocycles. The molecular weight excluding hydrogens is 1140 g/mol. The molecule has 2 aliphatic carbocycles. The van der Waals surface area contributed by atoms with Gasteiger partial charge in [-0.25, -0.2) is 8.78 Å². The van der Waals surface area contributed by atoms with E-state index >= 15 is 8.78 Å². The maximum Gasteiger partial charge on any atom is 0.169 e. The molecule has 0 bridgehead atoms. The lowest BCUT2D eigenvalue weighted by Gasteiger charge is -2.33. The van der Waals surface area contributed by atoms with E-state index in [1.165, 1.54) is 177 Å². The van der Waals surface area contributed by atoms with Crippen molar-refractivity contribution in [2.45, 2.75) is 245 Å². The first-order chi connectivity index (χ1) is 43.5. The Morgan fingerprint density at radius 2 is 0.685 bits per heavy atom. The summed E-state index contributed by atoms with van der Waals surface area (Å²) in [5, 5.41) is 0. The van der Waals surface area contributed by atoms with Crippen LogP contribution in [0, 0.1) is 18.6 Å². The van der Waals surface area contributed by atoms with Gasteiger partial charge in [-0.2, -0.15) is 17.5 Å². The Morgan fingerprint density at radius 3 is 1.10 bits per heavy atom. The summed E-state index contributed by atoms with van der Waals surface area (Å²) >= 11 is 2.32. The Morgan fingerprint density at radius 1 is 0.360 bits per heavy atom. The normalized spacial score (nSPS) is 13.6. The third-order valence-electron chi connectivity index (χ3n) is 20.2. The number of ether oxygens (including phenoxy) is 1. The molecule has 0 atom stereocenters. The van der Waals surface area contributed by atoms with Crippen LogP contribution < -0.4 is 4.74 Å². The number of rotatable bonds is 34. The van der Waals surface area contributed by atoms with Crippen molar-refractivity contribution in [2.24, 2.45) is 0 Å². The molecule has 0 saturated heterocycles. The van der Waals surface area contributed by atoms with E-state index in [1.54, 1.807) is 0 Å². The van der Waals surface area contributed by atoms with E-state index in [4.69, 9.17) is 22.2 Å². The second-order valence-electron chi connectivity index (χ2n) is 26.7. The maximum atomic E-state index is 18.2. The highest BCUT2D eigenvalue weighted by Gasteiger charge is 2.45. The van der Waals surface area contributed by atoms with Crippen molar-refractivity contribution in [3.63, 3.8) is 0 Å². The van der Waals surface area contributed by atoms with Crippen LogP contribution in [0.3, 0.4) is 0 Å². The largest absolute Gasteiger partial charge is 0.491 e. The molecule has 0 radical (unpaired) electrons. The van der Waals surface area contributed by atoms with E-state index < -0.39 is 11.6 Å². The van der Waals surface area contributed by atoms with Crippen molar-refractivity contribution in [1.29, 1.82) is 0 Å². The fraction of sp³-hybridized carbons (Fsp3) is 0.475. The average Bonchev–Trinajstić information content (AvgIpc) is 1.62. The minimum absolute atomic E-state index is 0.0954. The molecule has 0 fully saturated rings. The van der Waals surface area contributed by atoms with Crippen LogP contribution in [0.5, 0.6) is 5.75 Å². The van der Waals surface area contributed by atoms with Gasteiger partial charge in [-0.05, 0) is 161 Å². The second kappa shape index (κ2) is 29.9. The molecule has 9 aromatic rings. The molecular formula is C80H96F2N4OS2. The van der Waals surface area contributed by atoms with Gasteiger partial charge in [-0.1, -0.05) is 255 Å². The number of fused-ring (bicyclic) bond motifs is 8. The first-order valence-corrected chi connectivity index (χ1v) is 36.2. The van der Waals surface area contributed by atoms with Crippen LogP contribution in [0.15, 0.2) is 109 Å². The smallest absolute Gasteiger partial charge is 0.169 e. The summed E-state index contributed by atoms with van der Waals surface area (Å²) in [5.74, 6) is -0.854. The monoisotopic (exact) mass is 1230 g/mol. The molecule has 0 N–H and O–H groups in total. The van der Waals surface area contributed by atoms with E-state index in [2.05, 4.69) is 146 Å². The van der Waals surface area contributed by atoms with Crippen molar-refractivity contribution in [3.05, 3.63) is 149 Å². The maximum absolute atomic E-state index is 18.2. The molecule has 9 heteroatoms. The summed E-state index contributed by atoms with van der Waals surface area (Å²) in [5.41, 5.74) is 19.5. The summed E-state index contributed by atoms with van der Waals surface area (Å²) in [6, 6.07) is 39.9. The van der Waals surface area contributed by atoms with Crippen molar-refractivity contribution < 1.29 is 13.5 Å². The number of hydrogen-bond acceptors (Lipinski definition) is 7. The summed E-state index contributed by atoms with van der Waals surface area (Å²) in [4.78, 5) is 0. The molecule has 5 nitrogen and oxygen atoms in total. The van der Waals surface area contributed by atoms with Crippen LogP contribution in [-0.2, 0) is 10.8 Å². The molecule has 0 unspecified atom stereocenters. The van der Waals surface area contributed by atoms with Gasteiger partial charge in [0.1, 0.15) is 27.8 Å². The van der Waals surface area contributed by atoms with Gasteiger partial charge in [0.05, 0.1) is 29.6 Å². The predicted molar refractivity (Wildman–Crippen MR) is 375 cm³/mol. The highest BCUT2D eigenvalue weighted by molar-refractivity contribution is 7.00. The number of hydrogen-bond donors (Lipinski definition) is 0. The molecule has 0 spiro atoms. The number of halogens is 2. The molecule has 2 heterocycles. The fourth-order valence-corrected chi connectivity index (χ4v) is 16.7. The number of aryl methyl sites for hydroxylation is 1. The van der Waals surface area contributed by atoms with E-state index in [0.717, 1.165) is 115 Å². The summed E-state index contributed by atoms with van der Waals surface area (Å²) in [6.07, 6.45) is 32.8. The van der Waals surface area contributed by atoms with Crippen LogP contribution in [0.1, 0.15) is 249 Å². The fourth-order valence-electron chi connectivity index (χ4n) is 15.5. The zero-order valence-corrected chi connectivity index (χ0v) is 56.2. The zero-order valence-electron chi connectivity index (χ0n) is 54.5. The predicted octanol–water partition coefficient (Wildman–Crippen LogP) is 25.3. The number of benzene rings is 7. The topological polar surface area (TPSA) is 60.8 Å². The molecule has 0 saturated carbocycles. The highest BCUT2D eigenvalue weighted by atomic mass is 32.1. The third-order valence-corrected chi connectivity index (χ3v) is 21.3. The first-order valence-electron chi connectivity index (χ1n) is 34.8. The Kier molecular flexibility index (Phi) is 21.6. The minimum atomic E-state index is -0.862. The third kappa shape index (κ3) is 13.5. The molecule has 7 aromatic carbocycles. The van der Waals surface area contributed by atoms with Gasteiger partial charge in [-0.3, -0.25) is 0 Å². The molecule has 2 aliphatic rings. The lowest BCUT2D eigenvalue weighted by atomic mass is 9.69. The highest BCUT2D eigenvalue weighted by Crippen LogP contribution is 2.59. The van der Waals surface area contributed by atoms with Crippen molar-refractivity contribution in [3.8, 4) is 72.5 Å². The van der Waals surface area contributed by atoms with Gasteiger partial charge in [0.25, 0.3) is 0 Å². The Labute approximate surface area is 539 Å². The SMILES string of the molecule is CCCCCCCCC1(CCCCCCCC)c2cc(-c3ccc(OC(C)C)cc3)ccc2-c2ccc(-c3c(F)c(F)c(-c4ccc5c(c4)C(CCCCCCCC)(CCCCCCCC)c4cc(-c6ccc(C)c7nsnc67)ccc4-5)c4nsnc34)cc21. The van der Waals surface area contributed by atoms with Crippen LogP contribution >= 0.6 is 23.5 Å². The van der Waals surface area contributed by atoms with E-state index in [0.29, 0.717) is 22.2 Å². The summed E-state index contributed by atoms with van der Waals surface area (Å²) in [7, 11) is 0. The molecule has 11 rings (SSSR count). The Hall–Kier alpha value is -6.16. The van der Waals surface area contributed by atoms with E-state index in [-0.39, 0.29) is 28.1 Å². The van der Waals surface area contributed by atoms with Gasteiger partial charge in [-0.15, -0.1) is 0 Å². The Balaban J connectivity index is 1.02. The molecule has 89 heavy (non-hydrogen) atoms. The van der Waals surface area contributed by atoms with Gasteiger partial charge >= 0.3 is 0 Å². The second-order valence-corrected chi connectivity index (χ2v) is 27.8. The van der Waals surface area contributed by atoms with E-state index in [9.17, 15) is 0 Å². The molecule has 0 amide bonds. The summed E-state index contributed by atoms with van der Waals surface area (Å²) < 4.78 is 61.9. The number of aromatic nitrogens is 4. The minimum Gasteiger partial charge on any atom is -0.491 e. The molecule has 2 aromatic heterocycles. The first kappa shape index (κ1) is 64.4. The van der Waals surface area contributed by atoms with Gasteiger partial charge in [0.2, 0.25) is 0 Å². The Bertz CT molecular complexity index is 3810. The van der Waals surface area contributed by atoms with Crippen LogP contribution in [-0.4, -0.2) is 23.6 Å². The van der Waals surface area contributed by atoms with Gasteiger partial charge in [0.15, 0.2) is 11.6 Å². The number of unbranched alkanes of at least 4 members (excludes halogenated alkanes) is 20. The van der Waals surface area contributed by atoms with Crippen molar-refractivity contribution in [1.82, 2.24) is 17.5 Å². The average molecular weight is 1230 g/mol. The van der Waals surface area contributed by atoms with Gasteiger partial charge in [0, 0.05) is 27.5 Å². The summed E-state index contributed by atoms with van der Waals surface area (Å²) in [6.45, 7) is 15.4. The number of nitrogens with zero attached hydrogens (tertiary/aromatic N) is 4. The van der Waals surface area contributed by atoms with Gasteiger partial charge < -0.3 is 4.74 Å².